The van der Waals surface area contributed by atoms with Gasteiger partial charge in [-0.1, -0.05) is 43.8 Å². The Kier molecular flexibility index (Phi) is 8.93. The van der Waals surface area contributed by atoms with Crippen LogP contribution in [0.5, 0.6) is 0 Å². The van der Waals surface area contributed by atoms with Gasteiger partial charge in [0.15, 0.2) is 0 Å². The largest absolute Gasteiger partial charge is 0.466 e. The molecule has 0 radical (unpaired) electrons. The SMILES string of the molecule is C=C(CN(c1nc(NCc2ccc(-c3ccccn3)cc2)c2ccn(C(C)C)c2n1)[C@H](CC)CO)C(=O)OC. The zero-order chi connectivity index (χ0) is 27.9. The molecule has 39 heavy (non-hydrogen) atoms. The summed E-state index contributed by atoms with van der Waals surface area (Å²) >= 11 is 0. The average molecular weight is 529 g/mol. The van der Waals surface area contributed by atoms with Crippen molar-refractivity contribution < 1.29 is 14.6 Å². The van der Waals surface area contributed by atoms with Crippen molar-refractivity contribution in [2.24, 2.45) is 0 Å². The Balaban J connectivity index is 1.69. The molecule has 0 amide bonds. The smallest absolute Gasteiger partial charge is 0.334 e. The predicted octanol–water partition coefficient (Wildman–Crippen LogP) is 4.99. The van der Waals surface area contributed by atoms with Gasteiger partial charge in [-0.15, -0.1) is 0 Å². The summed E-state index contributed by atoms with van der Waals surface area (Å²) in [5.74, 6) is 0.568. The van der Waals surface area contributed by atoms with Crippen LogP contribution in [0.15, 0.2) is 73.1 Å². The summed E-state index contributed by atoms with van der Waals surface area (Å²) in [5, 5.41) is 14.5. The van der Waals surface area contributed by atoms with Crippen molar-refractivity contribution in [3.8, 4) is 11.3 Å². The molecule has 9 heteroatoms. The molecule has 3 aromatic heterocycles. The predicted molar refractivity (Wildman–Crippen MR) is 155 cm³/mol. The molecule has 0 saturated carbocycles. The van der Waals surface area contributed by atoms with E-state index in [2.05, 4.69) is 59.6 Å². The molecule has 204 valence electrons. The molecule has 0 aliphatic heterocycles. The van der Waals surface area contributed by atoms with Crippen molar-refractivity contribution >= 4 is 28.8 Å². The lowest BCUT2D eigenvalue weighted by molar-refractivity contribution is -0.136. The normalized spacial score (nSPS) is 11.9. The maximum Gasteiger partial charge on any atom is 0.334 e. The lowest BCUT2D eigenvalue weighted by atomic mass is 10.1. The van der Waals surface area contributed by atoms with Crippen LogP contribution in [-0.2, 0) is 16.1 Å². The number of carbonyl (C=O) groups excluding carboxylic acids is 1. The number of nitrogens with zero attached hydrogens (tertiary/aromatic N) is 5. The topological polar surface area (TPSA) is 105 Å². The number of carbonyl (C=O) groups is 1. The highest BCUT2D eigenvalue weighted by Crippen LogP contribution is 2.29. The monoisotopic (exact) mass is 528 g/mol. The number of anilines is 2. The standard InChI is InChI=1S/C30H36N6O3/c1-6-24(19-37)36(18-21(4)29(38)39-5)30-33-27(25-14-16-35(20(2)3)28(25)34-30)32-17-22-10-12-23(13-11-22)26-9-7-8-15-31-26/h7-16,20,24,37H,4,6,17-19H2,1-3,5H3,(H,32,33,34)/t24-/m1/s1. The van der Waals surface area contributed by atoms with Gasteiger partial charge in [0.1, 0.15) is 11.5 Å². The van der Waals surface area contributed by atoms with E-state index in [9.17, 15) is 9.90 Å². The molecule has 4 aromatic rings. The van der Waals surface area contributed by atoms with Gasteiger partial charge in [-0.2, -0.15) is 9.97 Å². The van der Waals surface area contributed by atoms with Crippen LogP contribution in [0.3, 0.4) is 0 Å². The van der Waals surface area contributed by atoms with Crippen LogP contribution in [0.1, 0.15) is 38.8 Å². The first-order chi connectivity index (χ1) is 18.9. The van der Waals surface area contributed by atoms with Crippen molar-refractivity contribution in [3.05, 3.63) is 78.6 Å². The van der Waals surface area contributed by atoms with Crippen LogP contribution >= 0.6 is 0 Å². The Morgan fingerprint density at radius 3 is 2.54 bits per heavy atom. The Labute approximate surface area is 229 Å². The van der Waals surface area contributed by atoms with Gasteiger partial charge in [0.2, 0.25) is 5.95 Å². The number of benzene rings is 1. The molecule has 1 aromatic carbocycles. The Morgan fingerprint density at radius 1 is 1.15 bits per heavy atom. The third-order valence-electron chi connectivity index (χ3n) is 6.71. The summed E-state index contributed by atoms with van der Waals surface area (Å²) in [6.07, 6.45) is 4.42. The zero-order valence-corrected chi connectivity index (χ0v) is 23.0. The van der Waals surface area contributed by atoms with Crippen molar-refractivity contribution in [2.45, 2.75) is 45.8 Å². The minimum absolute atomic E-state index is 0.122. The Hall–Kier alpha value is -4.24. The number of pyridine rings is 1. The second-order valence-corrected chi connectivity index (χ2v) is 9.66. The van der Waals surface area contributed by atoms with Crippen LogP contribution in [-0.4, -0.2) is 56.9 Å². The number of nitrogens with one attached hydrogen (secondary N) is 1. The fourth-order valence-corrected chi connectivity index (χ4v) is 4.44. The van der Waals surface area contributed by atoms with E-state index in [0.717, 1.165) is 27.9 Å². The second kappa shape index (κ2) is 12.5. The minimum atomic E-state index is -0.507. The van der Waals surface area contributed by atoms with Gasteiger partial charge >= 0.3 is 5.97 Å². The van der Waals surface area contributed by atoms with E-state index in [0.29, 0.717) is 24.7 Å². The molecule has 0 aliphatic carbocycles. The number of aromatic nitrogens is 4. The molecule has 9 nitrogen and oxygen atoms in total. The van der Waals surface area contributed by atoms with E-state index in [4.69, 9.17) is 14.7 Å². The van der Waals surface area contributed by atoms with Crippen LogP contribution in [0.4, 0.5) is 11.8 Å². The van der Waals surface area contributed by atoms with Gasteiger partial charge in [-0.25, -0.2) is 4.79 Å². The average Bonchev–Trinajstić information content (AvgIpc) is 3.41. The van der Waals surface area contributed by atoms with Gasteiger partial charge in [0, 0.05) is 36.1 Å². The molecule has 0 spiro atoms. The number of esters is 1. The van der Waals surface area contributed by atoms with Crippen LogP contribution in [0, 0.1) is 0 Å². The van der Waals surface area contributed by atoms with Crippen molar-refractivity contribution in [3.63, 3.8) is 0 Å². The summed E-state index contributed by atoms with van der Waals surface area (Å²) in [4.78, 5) is 28.2. The molecule has 0 bridgehead atoms. The number of ether oxygens (including phenoxy) is 1. The molecule has 4 rings (SSSR count). The fraction of sp³-hybridized carbons (Fsp3) is 0.333. The van der Waals surface area contributed by atoms with Gasteiger partial charge in [-0.3, -0.25) is 4.98 Å². The van der Waals surface area contributed by atoms with Crippen LogP contribution in [0.25, 0.3) is 22.3 Å². The molecular formula is C30H36N6O3. The maximum absolute atomic E-state index is 12.2. The third kappa shape index (κ3) is 6.26. The molecular weight excluding hydrogens is 492 g/mol. The highest BCUT2D eigenvalue weighted by molar-refractivity contribution is 5.90. The number of hydrogen-bond donors (Lipinski definition) is 2. The number of aliphatic hydroxyl groups excluding tert-OH is 1. The minimum Gasteiger partial charge on any atom is -0.466 e. The van der Waals surface area contributed by atoms with E-state index in [1.165, 1.54) is 7.11 Å². The highest BCUT2D eigenvalue weighted by atomic mass is 16.5. The van der Waals surface area contributed by atoms with Gasteiger partial charge in [0.05, 0.1) is 37.4 Å². The van der Waals surface area contributed by atoms with Crippen LogP contribution in [0.2, 0.25) is 0 Å². The third-order valence-corrected chi connectivity index (χ3v) is 6.71. The van der Waals surface area contributed by atoms with Crippen LogP contribution < -0.4 is 10.2 Å². The van der Waals surface area contributed by atoms with Crippen molar-refractivity contribution in [1.29, 1.82) is 0 Å². The fourth-order valence-electron chi connectivity index (χ4n) is 4.44. The first-order valence-electron chi connectivity index (χ1n) is 13.1. The molecule has 1 atom stereocenters. The molecule has 0 saturated heterocycles. The first kappa shape index (κ1) is 27.8. The lowest BCUT2D eigenvalue weighted by Gasteiger charge is -2.30. The van der Waals surface area contributed by atoms with Gasteiger partial charge < -0.3 is 24.6 Å². The van der Waals surface area contributed by atoms with E-state index < -0.39 is 5.97 Å². The van der Waals surface area contributed by atoms with Crippen molar-refractivity contribution in [1.82, 2.24) is 19.5 Å². The summed E-state index contributed by atoms with van der Waals surface area (Å²) in [7, 11) is 1.32. The number of hydrogen-bond acceptors (Lipinski definition) is 8. The number of fused-ring (bicyclic) bond motifs is 1. The molecule has 0 fully saturated rings. The lowest BCUT2D eigenvalue weighted by Crippen LogP contribution is -2.41. The Bertz CT molecular complexity index is 1410. The highest BCUT2D eigenvalue weighted by Gasteiger charge is 2.25. The molecule has 0 unspecified atom stereocenters. The quantitative estimate of drug-likeness (QED) is 0.196. The second-order valence-electron chi connectivity index (χ2n) is 9.66. The Morgan fingerprint density at radius 2 is 1.92 bits per heavy atom. The maximum atomic E-state index is 12.2. The molecule has 3 heterocycles. The molecule has 2 N–H and O–H groups in total. The van der Waals surface area contributed by atoms with E-state index in [-0.39, 0.29) is 30.8 Å². The summed E-state index contributed by atoms with van der Waals surface area (Å²) in [6, 6.07) is 16.0. The summed E-state index contributed by atoms with van der Waals surface area (Å²) in [5.41, 5.74) is 4.09. The van der Waals surface area contributed by atoms with Gasteiger partial charge in [0.25, 0.3) is 0 Å². The number of rotatable bonds is 12. The van der Waals surface area contributed by atoms with E-state index in [1.54, 1.807) is 6.20 Å². The first-order valence-corrected chi connectivity index (χ1v) is 13.1. The zero-order valence-electron chi connectivity index (χ0n) is 23.0. The summed E-state index contributed by atoms with van der Waals surface area (Å²) < 4.78 is 6.95. The van der Waals surface area contributed by atoms with Gasteiger partial charge in [-0.05, 0) is 44.0 Å². The van der Waals surface area contributed by atoms with E-state index >= 15 is 0 Å². The summed E-state index contributed by atoms with van der Waals surface area (Å²) in [6.45, 7) is 10.6. The van der Waals surface area contributed by atoms with Crippen molar-refractivity contribution in [2.75, 3.05) is 30.5 Å². The number of methoxy groups -OCH3 is 1. The molecule has 0 aliphatic rings. The number of aliphatic hydroxyl groups is 1. The van der Waals surface area contributed by atoms with E-state index in [1.807, 2.05) is 42.3 Å².